The van der Waals surface area contributed by atoms with Gasteiger partial charge in [0.2, 0.25) is 5.91 Å². The Morgan fingerprint density at radius 2 is 1.89 bits per heavy atom. The van der Waals surface area contributed by atoms with Crippen LogP contribution in [0.25, 0.3) is 0 Å². The average molecular weight is 244 g/mol. The Balaban J connectivity index is 1.74. The summed E-state index contributed by atoms with van der Waals surface area (Å²) in [5.74, 6) is 1.66. The topological polar surface area (TPSA) is 55.1 Å². The van der Waals surface area contributed by atoms with Crippen molar-refractivity contribution in [2.24, 2.45) is 17.8 Å². The van der Waals surface area contributed by atoms with E-state index >= 15 is 0 Å². The fourth-order valence-corrected chi connectivity index (χ4v) is 2.72. The van der Waals surface area contributed by atoms with Gasteiger partial charge >= 0.3 is 0 Å². The van der Waals surface area contributed by atoms with Gasteiger partial charge in [-0.3, -0.25) is 4.79 Å². The van der Waals surface area contributed by atoms with E-state index in [9.17, 15) is 4.79 Å². The normalized spacial score (nSPS) is 19.0. The van der Waals surface area contributed by atoms with Gasteiger partial charge in [0.25, 0.3) is 0 Å². The van der Waals surface area contributed by atoms with Crippen LogP contribution >= 0.6 is 0 Å². The standard InChI is InChI=1S/C15H20N2O/c1-9-2-7-12(16)13(8-9)17-15(18)14(10-3-4-10)11-5-6-11/h2,7-8,10-11,14H,3-6,16H2,1H3,(H,17,18). The molecular weight excluding hydrogens is 224 g/mol. The lowest BCUT2D eigenvalue weighted by Crippen LogP contribution is -2.26. The van der Waals surface area contributed by atoms with E-state index in [4.69, 9.17) is 5.73 Å². The maximum Gasteiger partial charge on any atom is 0.228 e. The molecule has 96 valence electrons. The van der Waals surface area contributed by atoms with Gasteiger partial charge in [-0.15, -0.1) is 0 Å². The third-order valence-corrected chi connectivity index (χ3v) is 4.03. The fourth-order valence-electron chi connectivity index (χ4n) is 2.72. The molecule has 18 heavy (non-hydrogen) atoms. The Kier molecular flexibility index (Phi) is 2.77. The number of hydrogen-bond donors (Lipinski definition) is 2. The molecule has 3 nitrogen and oxygen atoms in total. The number of nitrogens with one attached hydrogen (secondary N) is 1. The lowest BCUT2D eigenvalue weighted by atomic mass is 9.96. The predicted molar refractivity (Wildman–Crippen MR) is 73.2 cm³/mol. The molecule has 1 aromatic carbocycles. The van der Waals surface area contributed by atoms with Gasteiger partial charge in [0.05, 0.1) is 11.4 Å². The SMILES string of the molecule is Cc1ccc(N)c(NC(=O)C(C2CC2)C2CC2)c1. The van der Waals surface area contributed by atoms with Gasteiger partial charge in [0.1, 0.15) is 0 Å². The van der Waals surface area contributed by atoms with E-state index in [1.807, 2.05) is 25.1 Å². The van der Waals surface area contributed by atoms with Crippen LogP contribution in [0.4, 0.5) is 11.4 Å². The van der Waals surface area contributed by atoms with Gasteiger partial charge < -0.3 is 11.1 Å². The molecule has 1 amide bonds. The van der Waals surface area contributed by atoms with E-state index in [1.54, 1.807) is 0 Å². The Hall–Kier alpha value is -1.51. The number of hydrogen-bond acceptors (Lipinski definition) is 2. The minimum absolute atomic E-state index is 0.178. The van der Waals surface area contributed by atoms with Gasteiger partial charge in [0.15, 0.2) is 0 Å². The number of nitrogen functional groups attached to an aromatic ring is 1. The smallest absolute Gasteiger partial charge is 0.228 e. The summed E-state index contributed by atoms with van der Waals surface area (Å²) < 4.78 is 0. The van der Waals surface area contributed by atoms with Gasteiger partial charge in [-0.05, 0) is 62.1 Å². The molecule has 3 rings (SSSR count). The van der Waals surface area contributed by atoms with Crippen molar-refractivity contribution in [2.75, 3.05) is 11.1 Å². The number of benzene rings is 1. The molecule has 0 unspecified atom stereocenters. The summed E-state index contributed by atoms with van der Waals surface area (Å²) in [6.07, 6.45) is 4.88. The second-order valence-electron chi connectivity index (χ2n) is 5.78. The lowest BCUT2D eigenvalue weighted by Gasteiger charge is -2.16. The van der Waals surface area contributed by atoms with E-state index < -0.39 is 0 Å². The van der Waals surface area contributed by atoms with Gasteiger partial charge in [-0.1, -0.05) is 6.07 Å². The van der Waals surface area contributed by atoms with Crippen molar-refractivity contribution >= 4 is 17.3 Å². The van der Waals surface area contributed by atoms with Crippen molar-refractivity contribution in [3.63, 3.8) is 0 Å². The summed E-state index contributed by atoms with van der Waals surface area (Å²) in [5, 5.41) is 3.03. The zero-order valence-electron chi connectivity index (χ0n) is 10.8. The van der Waals surface area contributed by atoms with Crippen LogP contribution in [0.1, 0.15) is 31.2 Å². The van der Waals surface area contributed by atoms with E-state index in [-0.39, 0.29) is 11.8 Å². The number of aryl methyl sites for hydroxylation is 1. The van der Waals surface area contributed by atoms with Crippen molar-refractivity contribution in [3.05, 3.63) is 23.8 Å². The molecule has 0 heterocycles. The van der Waals surface area contributed by atoms with E-state index in [1.165, 1.54) is 25.7 Å². The third kappa shape index (κ3) is 2.35. The van der Waals surface area contributed by atoms with Crippen LogP contribution in [0, 0.1) is 24.7 Å². The molecule has 3 N–H and O–H groups in total. The summed E-state index contributed by atoms with van der Waals surface area (Å²) in [6.45, 7) is 2.01. The monoisotopic (exact) mass is 244 g/mol. The zero-order valence-corrected chi connectivity index (χ0v) is 10.8. The molecule has 3 heteroatoms. The Labute approximate surface area is 108 Å². The number of amides is 1. The highest BCUT2D eigenvalue weighted by Gasteiger charge is 2.45. The first-order valence-electron chi connectivity index (χ1n) is 6.82. The summed E-state index contributed by atoms with van der Waals surface area (Å²) in [7, 11) is 0. The number of carbonyl (C=O) groups excluding carboxylic acids is 1. The number of rotatable bonds is 4. The maximum atomic E-state index is 12.4. The quantitative estimate of drug-likeness (QED) is 0.800. The van der Waals surface area contributed by atoms with Crippen LogP contribution in [0.3, 0.4) is 0 Å². The molecule has 0 atom stereocenters. The van der Waals surface area contributed by atoms with Crippen molar-refractivity contribution in [1.29, 1.82) is 0 Å². The van der Waals surface area contributed by atoms with E-state index in [2.05, 4.69) is 5.32 Å². The third-order valence-electron chi connectivity index (χ3n) is 4.03. The van der Waals surface area contributed by atoms with Crippen molar-refractivity contribution < 1.29 is 4.79 Å². The average Bonchev–Trinajstić information content (AvgIpc) is 3.17. The molecule has 0 radical (unpaired) electrons. The summed E-state index contributed by atoms with van der Waals surface area (Å²) >= 11 is 0. The van der Waals surface area contributed by atoms with Crippen LogP contribution < -0.4 is 11.1 Å². The molecule has 0 spiro atoms. The van der Waals surface area contributed by atoms with Crippen molar-refractivity contribution in [2.45, 2.75) is 32.6 Å². The zero-order chi connectivity index (χ0) is 12.7. The molecule has 0 aromatic heterocycles. The Morgan fingerprint density at radius 3 is 2.44 bits per heavy atom. The largest absolute Gasteiger partial charge is 0.397 e. The second-order valence-corrected chi connectivity index (χ2v) is 5.78. The first-order chi connectivity index (χ1) is 8.65. The van der Waals surface area contributed by atoms with Crippen LogP contribution in [0.2, 0.25) is 0 Å². The second kappa shape index (κ2) is 4.30. The first-order valence-corrected chi connectivity index (χ1v) is 6.82. The highest BCUT2D eigenvalue weighted by molar-refractivity contribution is 5.96. The highest BCUT2D eigenvalue weighted by atomic mass is 16.1. The molecule has 0 bridgehead atoms. The number of carbonyl (C=O) groups is 1. The molecule has 2 aliphatic rings. The van der Waals surface area contributed by atoms with E-state index in [0.29, 0.717) is 17.5 Å². The van der Waals surface area contributed by atoms with Gasteiger partial charge in [-0.2, -0.15) is 0 Å². The van der Waals surface area contributed by atoms with Crippen LogP contribution in [0.15, 0.2) is 18.2 Å². The van der Waals surface area contributed by atoms with Crippen LogP contribution in [0.5, 0.6) is 0 Å². The van der Waals surface area contributed by atoms with E-state index in [0.717, 1.165) is 11.3 Å². The molecule has 0 aliphatic heterocycles. The van der Waals surface area contributed by atoms with Gasteiger partial charge in [-0.25, -0.2) is 0 Å². The molecule has 0 saturated heterocycles. The maximum absolute atomic E-state index is 12.4. The number of anilines is 2. The van der Waals surface area contributed by atoms with Crippen molar-refractivity contribution in [3.8, 4) is 0 Å². The Morgan fingerprint density at radius 1 is 1.28 bits per heavy atom. The summed E-state index contributed by atoms with van der Waals surface area (Å²) in [5.41, 5.74) is 8.45. The minimum Gasteiger partial charge on any atom is -0.397 e. The molecule has 2 fully saturated rings. The molecule has 2 aliphatic carbocycles. The van der Waals surface area contributed by atoms with Crippen LogP contribution in [-0.4, -0.2) is 5.91 Å². The Bertz CT molecular complexity index is 463. The highest BCUT2D eigenvalue weighted by Crippen LogP contribution is 2.49. The number of nitrogens with two attached hydrogens (primary N) is 1. The molecular formula is C15H20N2O. The van der Waals surface area contributed by atoms with Crippen LogP contribution in [-0.2, 0) is 4.79 Å². The summed E-state index contributed by atoms with van der Waals surface area (Å²) in [6, 6.07) is 5.77. The van der Waals surface area contributed by atoms with Gasteiger partial charge in [0, 0.05) is 5.92 Å². The predicted octanol–water partition coefficient (Wildman–Crippen LogP) is 2.95. The van der Waals surface area contributed by atoms with Crippen molar-refractivity contribution in [1.82, 2.24) is 0 Å². The molecule has 1 aromatic rings. The minimum atomic E-state index is 0.178. The fraction of sp³-hybridized carbons (Fsp3) is 0.533. The lowest BCUT2D eigenvalue weighted by molar-refractivity contribution is -0.121. The molecule has 2 saturated carbocycles. The summed E-state index contributed by atoms with van der Waals surface area (Å²) in [4.78, 5) is 12.4. The first kappa shape index (κ1) is 11.6.